The van der Waals surface area contributed by atoms with Gasteiger partial charge in [0.1, 0.15) is 18.2 Å². The third-order valence-electron chi connectivity index (χ3n) is 3.70. The monoisotopic (exact) mass is 510 g/mol. The van der Waals surface area contributed by atoms with Gasteiger partial charge in [-0.2, -0.15) is 5.26 Å². The normalized spacial score (nSPS) is 10.9. The Kier molecular flexibility index (Phi) is 8.15. The lowest BCUT2D eigenvalue weighted by Crippen LogP contribution is -2.22. The first-order chi connectivity index (χ1) is 13.3. The van der Waals surface area contributed by atoms with Crippen LogP contribution in [0.5, 0.6) is 11.5 Å². The molecule has 7 heteroatoms. The molecule has 0 fully saturated rings. The Labute approximate surface area is 183 Å². The van der Waals surface area contributed by atoms with Crippen LogP contribution in [0, 0.1) is 14.9 Å². The number of ether oxygens (including phenoxy) is 2. The van der Waals surface area contributed by atoms with Crippen LogP contribution in [0.2, 0.25) is 5.02 Å². The Morgan fingerprint density at radius 1 is 1.25 bits per heavy atom. The van der Waals surface area contributed by atoms with Crippen LogP contribution >= 0.6 is 34.2 Å². The summed E-state index contributed by atoms with van der Waals surface area (Å²) in [4.78, 5) is 13.5. The zero-order chi connectivity index (χ0) is 20.7. The highest BCUT2D eigenvalue weighted by Gasteiger charge is 2.15. The molecule has 2 aromatic rings. The first-order valence-electron chi connectivity index (χ1n) is 8.52. The van der Waals surface area contributed by atoms with Crippen LogP contribution in [0.15, 0.2) is 42.0 Å². The molecule has 0 unspecified atom stereocenters. The van der Waals surface area contributed by atoms with E-state index >= 15 is 0 Å². The smallest absolute Gasteiger partial charge is 0.264 e. The number of likely N-dealkylation sites (N-methyl/N-ethyl adjacent to an activating group) is 1. The lowest BCUT2D eigenvalue weighted by Gasteiger charge is -2.15. The fourth-order valence-corrected chi connectivity index (χ4v) is 3.27. The van der Waals surface area contributed by atoms with Gasteiger partial charge in [0.15, 0.2) is 11.5 Å². The minimum atomic E-state index is -0.349. The summed E-state index contributed by atoms with van der Waals surface area (Å²) in [7, 11) is 3.22. The van der Waals surface area contributed by atoms with Gasteiger partial charge in [-0.25, -0.2) is 0 Å². The molecule has 0 radical (unpaired) electrons. The van der Waals surface area contributed by atoms with E-state index < -0.39 is 0 Å². The minimum absolute atomic E-state index is 0.0538. The maximum absolute atomic E-state index is 12.1. The van der Waals surface area contributed by atoms with Crippen LogP contribution in [-0.4, -0.2) is 31.5 Å². The summed E-state index contributed by atoms with van der Waals surface area (Å²) in [5, 5.41) is 9.97. The molecule has 0 bridgehead atoms. The summed E-state index contributed by atoms with van der Waals surface area (Å²) in [5.74, 6) is 0.828. The van der Waals surface area contributed by atoms with Crippen molar-refractivity contribution < 1.29 is 14.3 Å². The molecular weight excluding hydrogens is 491 g/mol. The van der Waals surface area contributed by atoms with Crippen molar-refractivity contribution in [3.8, 4) is 17.6 Å². The van der Waals surface area contributed by atoms with Crippen LogP contribution in [0.3, 0.4) is 0 Å². The Bertz CT molecular complexity index is 918. The molecule has 0 spiro atoms. The molecule has 0 aromatic heterocycles. The van der Waals surface area contributed by atoms with E-state index in [0.717, 1.165) is 9.13 Å². The molecular formula is C21H20ClIN2O3. The van der Waals surface area contributed by atoms with E-state index in [1.165, 1.54) is 4.90 Å². The summed E-state index contributed by atoms with van der Waals surface area (Å²) in [5.41, 5.74) is 1.73. The van der Waals surface area contributed by atoms with Crippen molar-refractivity contribution in [1.29, 1.82) is 5.26 Å². The number of carbonyl (C=O) groups is 1. The van der Waals surface area contributed by atoms with Crippen molar-refractivity contribution >= 4 is 46.2 Å². The van der Waals surface area contributed by atoms with E-state index in [0.29, 0.717) is 35.3 Å². The van der Waals surface area contributed by atoms with Gasteiger partial charge in [0.05, 0.1) is 10.2 Å². The Morgan fingerprint density at radius 2 is 1.93 bits per heavy atom. The molecule has 0 heterocycles. The van der Waals surface area contributed by atoms with Gasteiger partial charge in [0, 0.05) is 19.1 Å². The number of hydrogen-bond acceptors (Lipinski definition) is 4. The third kappa shape index (κ3) is 5.88. The molecule has 5 nitrogen and oxygen atoms in total. The van der Waals surface area contributed by atoms with Gasteiger partial charge in [-0.05, 0) is 71.0 Å². The molecule has 1 amide bonds. The van der Waals surface area contributed by atoms with Crippen molar-refractivity contribution in [3.63, 3.8) is 0 Å². The topological polar surface area (TPSA) is 62.6 Å². The van der Waals surface area contributed by atoms with Crippen molar-refractivity contribution in [2.75, 3.05) is 20.7 Å². The molecule has 0 aliphatic rings. The molecule has 0 N–H and O–H groups in total. The van der Waals surface area contributed by atoms with Crippen molar-refractivity contribution in [2.24, 2.45) is 0 Å². The number of nitrogens with zero attached hydrogens (tertiary/aromatic N) is 2. The third-order valence-corrected chi connectivity index (χ3v) is 4.75. The average Bonchev–Trinajstić information content (AvgIpc) is 2.66. The quantitative estimate of drug-likeness (QED) is 0.301. The first kappa shape index (κ1) is 22.1. The molecule has 2 aromatic carbocycles. The predicted molar refractivity (Wildman–Crippen MR) is 118 cm³/mol. The standard InChI is InChI=1S/C21H20ClIN2O3/c1-4-27-19-11-15(9-16(12-24)21(26)25(2)3)10-18(23)20(19)28-13-14-5-7-17(22)8-6-14/h5-11H,4,13H2,1-3H3/b16-9-. The maximum atomic E-state index is 12.1. The van der Waals surface area contributed by atoms with Crippen molar-refractivity contribution in [2.45, 2.75) is 13.5 Å². The van der Waals surface area contributed by atoms with E-state index in [1.54, 1.807) is 26.2 Å². The molecule has 0 atom stereocenters. The lowest BCUT2D eigenvalue weighted by atomic mass is 10.1. The summed E-state index contributed by atoms with van der Waals surface area (Å²) < 4.78 is 12.5. The number of hydrogen-bond donors (Lipinski definition) is 0. The molecule has 0 saturated heterocycles. The first-order valence-corrected chi connectivity index (χ1v) is 9.98. The molecule has 146 valence electrons. The maximum Gasteiger partial charge on any atom is 0.264 e. The molecule has 0 aliphatic heterocycles. The van der Waals surface area contributed by atoms with E-state index in [-0.39, 0.29) is 11.5 Å². The summed E-state index contributed by atoms with van der Waals surface area (Å²) in [6.07, 6.45) is 1.55. The van der Waals surface area contributed by atoms with Gasteiger partial charge in [0.25, 0.3) is 5.91 Å². The fourth-order valence-electron chi connectivity index (χ4n) is 2.36. The number of rotatable bonds is 7. The highest BCUT2D eigenvalue weighted by molar-refractivity contribution is 14.1. The van der Waals surface area contributed by atoms with E-state index in [9.17, 15) is 10.1 Å². The van der Waals surface area contributed by atoms with Crippen molar-refractivity contribution in [3.05, 3.63) is 61.7 Å². The van der Waals surface area contributed by atoms with Gasteiger partial charge in [0.2, 0.25) is 0 Å². The van der Waals surface area contributed by atoms with Crippen LogP contribution in [-0.2, 0) is 11.4 Å². The average molecular weight is 511 g/mol. The number of amides is 1. The number of carbonyl (C=O) groups excluding carboxylic acids is 1. The zero-order valence-corrected chi connectivity index (χ0v) is 18.7. The van der Waals surface area contributed by atoms with E-state index in [1.807, 2.05) is 43.3 Å². The van der Waals surface area contributed by atoms with Crippen molar-refractivity contribution in [1.82, 2.24) is 4.90 Å². The highest BCUT2D eigenvalue weighted by atomic mass is 127. The molecule has 0 aliphatic carbocycles. The Balaban J connectivity index is 2.34. The molecule has 2 rings (SSSR count). The van der Waals surface area contributed by atoms with E-state index in [2.05, 4.69) is 22.6 Å². The summed E-state index contributed by atoms with van der Waals surface area (Å²) >= 11 is 8.07. The second kappa shape index (κ2) is 10.3. The van der Waals surface area contributed by atoms with Crippen LogP contribution in [0.4, 0.5) is 0 Å². The number of nitriles is 1. The minimum Gasteiger partial charge on any atom is -0.490 e. The van der Waals surface area contributed by atoms with Gasteiger partial charge in [-0.15, -0.1) is 0 Å². The SMILES string of the molecule is CCOc1cc(/C=C(/C#N)C(=O)N(C)C)cc(I)c1OCc1ccc(Cl)cc1. The predicted octanol–water partition coefficient (Wildman–Crippen LogP) is 4.92. The van der Waals surface area contributed by atoms with Gasteiger partial charge in [-0.1, -0.05) is 23.7 Å². The number of halogens is 2. The molecule has 28 heavy (non-hydrogen) atoms. The summed E-state index contributed by atoms with van der Waals surface area (Å²) in [6.45, 7) is 2.71. The zero-order valence-electron chi connectivity index (χ0n) is 15.8. The second-order valence-electron chi connectivity index (χ2n) is 6.05. The fraction of sp³-hybridized carbons (Fsp3) is 0.238. The lowest BCUT2D eigenvalue weighted by molar-refractivity contribution is -0.124. The van der Waals surface area contributed by atoms with E-state index in [4.69, 9.17) is 21.1 Å². The molecule has 0 saturated carbocycles. The second-order valence-corrected chi connectivity index (χ2v) is 7.65. The summed E-state index contributed by atoms with van der Waals surface area (Å²) in [6, 6.07) is 13.0. The van der Waals surface area contributed by atoms with Crippen LogP contribution in [0.25, 0.3) is 6.08 Å². The largest absolute Gasteiger partial charge is 0.490 e. The van der Waals surface area contributed by atoms with Crippen LogP contribution < -0.4 is 9.47 Å². The number of benzene rings is 2. The Hall–Kier alpha value is -2.24. The van der Waals surface area contributed by atoms with Crippen LogP contribution in [0.1, 0.15) is 18.1 Å². The van der Waals surface area contributed by atoms with Gasteiger partial charge in [-0.3, -0.25) is 4.79 Å². The highest BCUT2D eigenvalue weighted by Crippen LogP contribution is 2.35. The van der Waals surface area contributed by atoms with Gasteiger partial charge < -0.3 is 14.4 Å². The Morgan fingerprint density at radius 3 is 2.50 bits per heavy atom. The van der Waals surface area contributed by atoms with Gasteiger partial charge >= 0.3 is 0 Å².